The van der Waals surface area contributed by atoms with E-state index in [1.165, 1.54) is 18.5 Å². The third-order valence-electron chi connectivity index (χ3n) is 4.10. The Labute approximate surface area is 132 Å². The van der Waals surface area contributed by atoms with E-state index in [1.807, 2.05) is 6.08 Å². The summed E-state index contributed by atoms with van der Waals surface area (Å²) < 4.78 is 45.1. The van der Waals surface area contributed by atoms with Crippen molar-refractivity contribution >= 4 is 22.2 Å². The normalized spacial score (nSPS) is 16.2. The fraction of sp³-hybridized carbons (Fsp3) is 0.389. The second-order valence-electron chi connectivity index (χ2n) is 5.78. The van der Waals surface area contributed by atoms with E-state index in [4.69, 9.17) is 4.42 Å². The number of fused-ring (bicyclic) bond motifs is 2. The Morgan fingerprint density at radius 3 is 2.70 bits per heavy atom. The summed E-state index contributed by atoms with van der Waals surface area (Å²) in [7, 11) is 0. The van der Waals surface area contributed by atoms with Gasteiger partial charge in [0.25, 0.3) is 0 Å². The monoisotopic (exact) mass is 321 g/mol. The van der Waals surface area contributed by atoms with Crippen LogP contribution in [0, 0.1) is 0 Å². The number of aromatic nitrogens is 1. The lowest BCUT2D eigenvalue weighted by Crippen LogP contribution is -2.09. The fourth-order valence-corrected chi connectivity index (χ4v) is 2.91. The molecular formula is C18H18F3NO. The molecule has 0 bridgehead atoms. The summed E-state index contributed by atoms with van der Waals surface area (Å²) in [6.07, 6.45) is 5.19. The van der Waals surface area contributed by atoms with Crippen molar-refractivity contribution in [3.8, 4) is 0 Å². The van der Waals surface area contributed by atoms with E-state index in [0.29, 0.717) is 22.2 Å². The Morgan fingerprint density at radius 1 is 1.13 bits per heavy atom. The maximum absolute atomic E-state index is 13.3. The van der Waals surface area contributed by atoms with E-state index in [9.17, 15) is 13.2 Å². The van der Waals surface area contributed by atoms with Gasteiger partial charge in [-0.3, -0.25) is 0 Å². The number of hydrogen-bond donors (Lipinski definition) is 0. The van der Waals surface area contributed by atoms with E-state index in [-0.39, 0.29) is 5.56 Å². The molecule has 5 heteroatoms. The number of rotatable bonds is 5. The zero-order valence-electron chi connectivity index (χ0n) is 12.9. The highest BCUT2D eigenvalue weighted by atomic mass is 19.4. The highest BCUT2D eigenvalue weighted by molar-refractivity contribution is 6.00. The van der Waals surface area contributed by atoms with Crippen LogP contribution in [0.25, 0.3) is 22.2 Å². The lowest BCUT2D eigenvalue weighted by Gasteiger charge is -2.09. The zero-order chi connectivity index (χ0) is 16.4. The van der Waals surface area contributed by atoms with Crippen molar-refractivity contribution in [3.05, 3.63) is 41.8 Å². The first-order chi connectivity index (χ1) is 11.0. The van der Waals surface area contributed by atoms with Crippen molar-refractivity contribution < 1.29 is 17.6 Å². The molecule has 0 saturated heterocycles. The average Bonchev–Trinajstić information content (AvgIpc) is 3.08. The molecule has 0 amide bonds. The molecule has 122 valence electrons. The Balaban J connectivity index is 1.95. The summed E-state index contributed by atoms with van der Waals surface area (Å²) in [6, 6.07) is 3.12. The summed E-state index contributed by atoms with van der Waals surface area (Å²) in [5, 5.41) is 0. The summed E-state index contributed by atoms with van der Waals surface area (Å²) in [5.41, 5.74) is 1.76. The van der Waals surface area contributed by atoms with Gasteiger partial charge >= 0.3 is 6.18 Å². The molecule has 23 heavy (non-hydrogen) atoms. The molecule has 1 heterocycles. The van der Waals surface area contributed by atoms with Crippen molar-refractivity contribution in [2.24, 2.45) is 0 Å². The van der Waals surface area contributed by atoms with Crippen LogP contribution < -0.4 is 0 Å². The molecule has 1 aliphatic rings. The van der Waals surface area contributed by atoms with Crippen molar-refractivity contribution in [3.63, 3.8) is 0 Å². The topological polar surface area (TPSA) is 26.0 Å². The first kappa shape index (κ1) is 15.8. The minimum absolute atomic E-state index is 0.193. The highest BCUT2D eigenvalue weighted by Crippen LogP contribution is 2.45. The van der Waals surface area contributed by atoms with E-state index in [2.05, 4.69) is 11.9 Å². The number of halogens is 3. The zero-order valence-corrected chi connectivity index (χ0v) is 12.9. The van der Waals surface area contributed by atoms with Crippen molar-refractivity contribution in [1.29, 1.82) is 0 Å². The third-order valence-corrected chi connectivity index (χ3v) is 4.10. The number of hydrogen-bond acceptors (Lipinski definition) is 2. The van der Waals surface area contributed by atoms with Crippen LogP contribution in [0.3, 0.4) is 0 Å². The molecule has 0 spiro atoms. The first-order valence-electron chi connectivity index (χ1n) is 7.87. The number of nitrogens with zero attached hydrogens (tertiary/aromatic N) is 1. The van der Waals surface area contributed by atoms with Crippen molar-refractivity contribution in [2.75, 3.05) is 0 Å². The predicted octanol–water partition coefficient (Wildman–Crippen LogP) is 6.14. The van der Waals surface area contributed by atoms with Crippen LogP contribution in [-0.4, -0.2) is 11.2 Å². The number of unbranched alkanes of at least 4 members (excludes halogenated alkanes) is 4. The Morgan fingerprint density at radius 2 is 1.96 bits per heavy atom. The van der Waals surface area contributed by atoms with Crippen LogP contribution in [0.4, 0.5) is 13.2 Å². The van der Waals surface area contributed by atoms with Gasteiger partial charge in [0.05, 0.1) is 5.57 Å². The molecular weight excluding hydrogens is 303 g/mol. The Bertz CT molecular complexity index is 768. The molecule has 0 unspecified atom stereocenters. The lowest BCUT2D eigenvalue weighted by atomic mass is 10.0. The molecule has 0 aliphatic heterocycles. The maximum Gasteiger partial charge on any atom is 0.417 e. The van der Waals surface area contributed by atoms with Gasteiger partial charge < -0.3 is 4.42 Å². The molecule has 1 aromatic heterocycles. The van der Waals surface area contributed by atoms with Gasteiger partial charge in [-0.15, -0.1) is 0 Å². The SMILES string of the molecule is CCCCCC/C=C1\C=C(C(F)(F)F)c2cc3ncoc3cc21. The summed E-state index contributed by atoms with van der Waals surface area (Å²) in [5.74, 6) is 0. The molecule has 3 rings (SSSR count). The van der Waals surface area contributed by atoms with Gasteiger partial charge in [0, 0.05) is 0 Å². The molecule has 0 saturated carbocycles. The summed E-state index contributed by atoms with van der Waals surface area (Å²) >= 11 is 0. The van der Waals surface area contributed by atoms with E-state index in [0.717, 1.165) is 32.1 Å². The highest BCUT2D eigenvalue weighted by Gasteiger charge is 2.39. The first-order valence-corrected chi connectivity index (χ1v) is 7.87. The lowest BCUT2D eigenvalue weighted by molar-refractivity contribution is -0.0687. The van der Waals surface area contributed by atoms with Gasteiger partial charge in [-0.25, -0.2) is 4.98 Å². The third kappa shape index (κ3) is 3.19. The number of allylic oxidation sites excluding steroid dienone is 4. The van der Waals surface area contributed by atoms with Gasteiger partial charge in [0.2, 0.25) is 0 Å². The Kier molecular flexibility index (Phi) is 4.28. The molecule has 2 nitrogen and oxygen atoms in total. The number of benzene rings is 1. The molecule has 0 N–H and O–H groups in total. The molecule has 2 aromatic rings. The molecule has 1 aromatic carbocycles. The van der Waals surface area contributed by atoms with E-state index < -0.39 is 11.7 Å². The van der Waals surface area contributed by atoms with Gasteiger partial charge in [0.15, 0.2) is 12.0 Å². The van der Waals surface area contributed by atoms with Crippen molar-refractivity contribution in [1.82, 2.24) is 4.98 Å². The van der Waals surface area contributed by atoms with Crippen LogP contribution in [-0.2, 0) is 0 Å². The molecule has 0 radical (unpaired) electrons. The number of alkyl halides is 3. The van der Waals surface area contributed by atoms with Crippen LogP contribution in [0.1, 0.15) is 50.2 Å². The van der Waals surface area contributed by atoms with E-state index >= 15 is 0 Å². The standard InChI is InChI=1S/C18H18F3NO/c1-2-3-4-5-6-7-12-8-15(18(19,20)21)14-9-16-17(10-13(12)14)23-11-22-16/h7-11H,2-6H2,1H3/b12-7+. The Hall–Kier alpha value is -2.04. The minimum Gasteiger partial charge on any atom is -0.443 e. The van der Waals surface area contributed by atoms with E-state index in [1.54, 1.807) is 6.07 Å². The van der Waals surface area contributed by atoms with Gasteiger partial charge in [-0.05, 0) is 47.8 Å². The quantitative estimate of drug-likeness (QED) is 0.618. The van der Waals surface area contributed by atoms with Crippen molar-refractivity contribution in [2.45, 2.75) is 45.2 Å². The van der Waals surface area contributed by atoms with Gasteiger partial charge in [-0.1, -0.05) is 32.3 Å². The fourth-order valence-electron chi connectivity index (χ4n) is 2.91. The van der Waals surface area contributed by atoms with Crippen LogP contribution in [0.2, 0.25) is 0 Å². The predicted molar refractivity (Wildman–Crippen MR) is 84.8 cm³/mol. The number of oxazole rings is 1. The second-order valence-corrected chi connectivity index (χ2v) is 5.78. The van der Waals surface area contributed by atoms with Crippen LogP contribution >= 0.6 is 0 Å². The maximum atomic E-state index is 13.3. The van der Waals surface area contributed by atoms with Gasteiger partial charge in [0.1, 0.15) is 5.52 Å². The van der Waals surface area contributed by atoms with Crippen LogP contribution in [0.5, 0.6) is 0 Å². The molecule has 0 atom stereocenters. The van der Waals surface area contributed by atoms with Gasteiger partial charge in [-0.2, -0.15) is 13.2 Å². The summed E-state index contributed by atoms with van der Waals surface area (Å²) in [6.45, 7) is 2.13. The summed E-state index contributed by atoms with van der Waals surface area (Å²) in [4.78, 5) is 3.95. The van der Waals surface area contributed by atoms with Crippen LogP contribution in [0.15, 0.2) is 35.1 Å². The minimum atomic E-state index is -4.37. The largest absolute Gasteiger partial charge is 0.443 e. The smallest absolute Gasteiger partial charge is 0.417 e. The molecule has 1 aliphatic carbocycles. The molecule has 0 fully saturated rings. The average molecular weight is 321 g/mol. The second kappa shape index (κ2) is 6.22.